The fraction of sp³-hybridized carbons (Fsp3) is 0.727. The lowest BCUT2D eigenvalue weighted by molar-refractivity contribution is -0.158. The Morgan fingerprint density at radius 1 is 1.11 bits per heavy atom. The van der Waals surface area contributed by atoms with Gasteiger partial charge in [-0.3, -0.25) is 9.59 Å². The minimum absolute atomic E-state index is 0.00233. The van der Waals surface area contributed by atoms with Crippen LogP contribution in [0.5, 0.6) is 0 Å². The highest BCUT2D eigenvalue weighted by Gasteiger charge is 2.42. The van der Waals surface area contributed by atoms with E-state index in [-0.39, 0.29) is 43.3 Å². The summed E-state index contributed by atoms with van der Waals surface area (Å²) in [6.45, 7) is 0.440. The van der Waals surface area contributed by atoms with Crippen LogP contribution in [0.3, 0.4) is 0 Å². The monoisotopic (exact) mass is 529 g/mol. The number of carbonyl (C=O) groups excluding carboxylic acids is 5. The van der Waals surface area contributed by atoms with Crippen LogP contribution in [0, 0.1) is 0 Å². The molecule has 2 saturated heterocycles. The minimum atomic E-state index is -1.28. The fourth-order valence-electron chi connectivity index (χ4n) is 4.10. The maximum absolute atomic E-state index is 12.1. The zero-order valence-electron chi connectivity index (χ0n) is 20.1. The largest absolute Gasteiger partial charge is 0.465 e. The number of rotatable bonds is 16. The lowest BCUT2D eigenvalue weighted by atomic mass is 10.0. The number of aldehydes is 1. The van der Waals surface area contributed by atoms with Gasteiger partial charge in [0.2, 0.25) is 5.91 Å². The van der Waals surface area contributed by atoms with Gasteiger partial charge in [-0.1, -0.05) is 6.42 Å². The summed E-state index contributed by atoms with van der Waals surface area (Å²) < 4.78 is 0. The molecule has 0 aromatic carbocycles. The van der Waals surface area contributed by atoms with Gasteiger partial charge in [0.1, 0.15) is 6.29 Å². The van der Waals surface area contributed by atoms with Crippen molar-refractivity contribution in [1.82, 2.24) is 26.7 Å². The molecule has 4 unspecified atom stereocenters. The molecule has 36 heavy (non-hydrogen) atoms. The minimum Gasteiger partial charge on any atom is -0.465 e. The molecule has 2 aliphatic heterocycles. The lowest BCUT2D eigenvalue weighted by Crippen LogP contribution is -2.37. The van der Waals surface area contributed by atoms with Gasteiger partial charge in [0, 0.05) is 42.9 Å². The van der Waals surface area contributed by atoms with Gasteiger partial charge in [0.05, 0.1) is 18.5 Å². The van der Waals surface area contributed by atoms with Crippen molar-refractivity contribution < 1.29 is 38.7 Å². The Balaban J connectivity index is 1.53. The Bertz CT molecular complexity index is 798. The molecule has 2 aliphatic rings. The molecule has 2 heterocycles. The van der Waals surface area contributed by atoms with Gasteiger partial charge < -0.3 is 36.0 Å². The molecule has 13 nitrogen and oxygen atoms in total. The van der Waals surface area contributed by atoms with Gasteiger partial charge in [0.25, 0.3) is 5.91 Å². The average Bonchev–Trinajstić information content (AvgIpc) is 3.37. The molecule has 0 aromatic rings. The van der Waals surface area contributed by atoms with Crippen LogP contribution in [-0.2, 0) is 24.0 Å². The third kappa shape index (κ3) is 11.1. The number of nitrogens with one attached hydrogen (secondary N) is 5. The van der Waals surface area contributed by atoms with Crippen molar-refractivity contribution in [2.24, 2.45) is 0 Å². The summed E-state index contributed by atoms with van der Waals surface area (Å²) >= 11 is 1.85. The SMILES string of the molecule is O=CCCC(=O)NOC(=O)CC(CCCCNC(=O)CCCCC1SCC2NC(=O)NC21)NC(=O)O. The normalized spacial score (nSPS) is 20.9. The fourth-order valence-corrected chi connectivity index (χ4v) is 5.65. The van der Waals surface area contributed by atoms with E-state index in [0.29, 0.717) is 43.8 Å². The van der Waals surface area contributed by atoms with Gasteiger partial charge in [-0.05, 0) is 32.1 Å². The molecule has 0 aromatic heterocycles. The first-order valence-electron chi connectivity index (χ1n) is 12.2. The van der Waals surface area contributed by atoms with E-state index in [4.69, 9.17) is 5.11 Å². The van der Waals surface area contributed by atoms with E-state index in [1.807, 2.05) is 17.2 Å². The number of fused-ring (bicyclic) bond motifs is 1. The number of carboxylic acid groups (broad SMARTS) is 1. The van der Waals surface area contributed by atoms with E-state index in [9.17, 15) is 28.8 Å². The molecule has 0 aliphatic carbocycles. The Hall–Kier alpha value is -3.03. The van der Waals surface area contributed by atoms with Gasteiger partial charge in [0.15, 0.2) is 0 Å². The third-order valence-electron chi connectivity index (χ3n) is 5.89. The Labute approximate surface area is 213 Å². The number of amides is 5. The number of thioether (sulfide) groups is 1. The van der Waals surface area contributed by atoms with Crippen LogP contribution in [0.4, 0.5) is 9.59 Å². The van der Waals surface area contributed by atoms with Crippen LogP contribution >= 0.6 is 11.8 Å². The summed E-state index contributed by atoms with van der Waals surface area (Å²) in [6, 6.07) is -0.433. The van der Waals surface area contributed by atoms with Crippen LogP contribution in [0.1, 0.15) is 64.2 Å². The summed E-state index contributed by atoms with van der Waals surface area (Å²) in [5.41, 5.74) is 1.92. The number of hydroxylamine groups is 1. The number of carbonyl (C=O) groups is 6. The second kappa shape index (κ2) is 15.9. The predicted molar refractivity (Wildman–Crippen MR) is 130 cm³/mol. The zero-order valence-corrected chi connectivity index (χ0v) is 20.9. The van der Waals surface area contributed by atoms with Crippen molar-refractivity contribution >= 4 is 48.0 Å². The van der Waals surface area contributed by atoms with E-state index in [0.717, 1.165) is 25.0 Å². The van der Waals surface area contributed by atoms with Crippen LogP contribution in [0.15, 0.2) is 0 Å². The second-order valence-corrected chi connectivity index (χ2v) is 10.0. The molecule has 4 atom stereocenters. The van der Waals surface area contributed by atoms with Crippen molar-refractivity contribution in [3.05, 3.63) is 0 Å². The lowest BCUT2D eigenvalue weighted by Gasteiger charge is -2.16. The average molecular weight is 530 g/mol. The zero-order chi connectivity index (χ0) is 26.3. The molecule has 6 N–H and O–H groups in total. The van der Waals surface area contributed by atoms with E-state index < -0.39 is 24.0 Å². The second-order valence-electron chi connectivity index (χ2n) is 8.77. The van der Waals surface area contributed by atoms with E-state index in [1.54, 1.807) is 0 Å². The summed E-state index contributed by atoms with van der Waals surface area (Å²) in [5.74, 6) is -0.562. The molecule has 0 spiro atoms. The molecular formula is C22H35N5O8S. The Kier molecular flexibility index (Phi) is 12.9. The van der Waals surface area contributed by atoms with Crippen LogP contribution < -0.4 is 26.7 Å². The summed E-state index contributed by atoms with van der Waals surface area (Å²) in [6.07, 6.45) is 3.46. The van der Waals surface area contributed by atoms with Crippen LogP contribution in [0.25, 0.3) is 0 Å². The molecule has 5 amide bonds. The molecule has 0 bridgehead atoms. The number of hydrogen-bond donors (Lipinski definition) is 6. The number of hydrogen-bond acceptors (Lipinski definition) is 8. The Morgan fingerprint density at radius 3 is 2.67 bits per heavy atom. The molecule has 202 valence electrons. The molecule has 2 rings (SSSR count). The number of urea groups is 1. The first kappa shape index (κ1) is 29.2. The third-order valence-corrected chi connectivity index (χ3v) is 7.40. The van der Waals surface area contributed by atoms with Crippen molar-refractivity contribution in [3.63, 3.8) is 0 Å². The first-order chi connectivity index (χ1) is 17.3. The van der Waals surface area contributed by atoms with E-state index in [2.05, 4.69) is 26.1 Å². The molecule has 0 radical (unpaired) electrons. The molecule has 14 heteroatoms. The highest BCUT2D eigenvalue weighted by molar-refractivity contribution is 8.00. The van der Waals surface area contributed by atoms with Crippen molar-refractivity contribution in [3.8, 4) is 0 Å². The highest BCUT2D eigenvalue weighted by Crippen LogP contribution is 2.33. The van der Waals surface area contributed by atoms with E-state index >= 15 is 0 Å². The van der Waals surface area contributed by atoms with Gasteiger partial charge >= 0.3 is 18.1 Å². The highest BCUT2D eigenvalue weighted by atomic mass is 32.2. The van der Waals surface area contributed by atoms with Gasteiger partial charge in [-0.15, -0.1) is 0 Å². The maximum atomic E-state index is 12.1. The van der Waals surface area contributed by atoms with E-state index in [1.165, 1.54) is 0 Å². The summed E-state index contributed by atoms with van der Waals surface area (Å²) in [4.78, 5) is 72.5. The summed E-state index contributed by atoms with van der Waals surface area (Å²) in [5, 5.41) is 20.3. The topological polar surface area (TPSA) is 192 Å². The molecular weight excluding hydrogens is 494 g/mol. The van der Waals surface area contributed by atoms with Crippen LogP contribution in [-0.4, -0.2) is 77.0 Å². The smallest absolute Gasteiger partial charge is 0.404 e. The van der Waals surface area contributed by atoms with Gasteiger partial charge in [-0.25, -0.2) is 14.4 Å². The quantitative estimate of drug-likeness (QED) is 0.0718. The predicted octanol–water partition coefficient (Wildman–Crippen LogP) is 0.579. The summed E-state index contributed by atoms with van der Waals surface area (Å²) in [7, 11) is 0. The maximum Gasteiger partial charge on any atom is 0.404 e. The van der Waals surface area contributed by atoms with Crippen LogP contribution in [0.2, 0.25) is 0 Å². The van der Waals surface area contributed by atoms with Crippen molar-refractivity contribution in [2.45, 2.75) is 87.6 Å². The standard InChI is InChI=1S/C22H35N5O8S/c28-11-5-9-18(30)27-35-19(31)12-14(24-22(33)34)6-3-4-10-23-17(29)8-2-1-7-16-20-15(13-36-16)25-21(32)26-20/h11,14-16,20,24H,1-10,12-13H2,(H,23,29)(H,27,30)(H,33,34)(H2,25,26,32). The molecule has 0 saturated carbocycles. The van der Waals surface area contributed by atoms with Crippen molar-refractivity contribution in [2.75, 3.05) is 12.3 Å². The Morgan fingerprint density at radius 2 is 1.92 bits per heavy atom. The number of unbranched alkanes of at least 4 members (excludes halogenated alkanes) is 2. The van der Waals surface area contributed by atoms with Crippen molar-refractivity contribution in [1.29, 1.82) is 0 Å². The first-order valence-corrected chi connectivity index (χ1v) is 13.2. The molecule has 2 fully saturated rings. The van der Waals surface area contributed by atoms with Gasteiger partial charge in [-0.2, -0.15) is 17.2 Å².